The molecular formula is C14H19N2O3+. The number of nitrogens with one attached hydrogen (secondary N) is 1. The Balaban J connectivity index is 2.32. The van der Waals surface area contributed by atoms with Crippen LogP contribution in [0.4, 0.5) is 0 Å². The molecular weight excluding hydrogens is 244 g/mol. The van der Waals surface area contributed by atoms with Gasteiger partial charge in [0.15, 0.2) is 0 Å². The number of nitrogens with two attached hydrogens (primary N) is 1. The van der Waals surface area contributed by atoms with Gasteiger partial charge in [0.2, 0.25) is 0 Å². The molecule has 0 radical (unpaired) electrons. The van der Waals surface area contributed by atoms with Crippen LogP contribution in [-0.2, 0) is 6.54 Å². The summed E-state index contributed by atoms with van der Waals surface area (Å²) in [6.07, 6.45) is 0. The molecule has 0 saturated carbocycles. The molecule has 0 saturated heterocycles. The molecule has 1 aromatic carbocycles. The Bertz CT molecular complexity index is 607. The minimum Gasteiger partial charge on any atom is -0.494 e. The summed E-state index contributed by atoms with van der Waals surface area (Å²) >= 11 is 0. The number of aliphatic hydroxyl groups excluding tert-OH is 1. The number of ether oxygens (including phenoxy) is 1. The largest absolute Gasteiger partial charge is 0.494 e. The van der Waals surface area contributed by atoms with Crippen molar-refractivity contribution in [2.45, 2.75) is 13.5 Å². The van der Waals surface area contributed by atoms with E-state index >= 15 is 0 Å². The summed E-state index contributed by atoms with van der Waals surface area (Å²) in [6, 6.07) is 7.50. The van der Waals surface area contributed by atoms with E-state index in [1.54, 1.807) is 0 Å². The average molecular weight is 263 g/mol. The summed E-state index contributed by atoms with van der Waals surface area (Å²) in [7, 11) is 0. The molecule has 0 atom stereocenters. The molecule has 1 heterocycles. The van der Waals surface area contributed by atoms with Crippen molar-refractivity contribution in [3.05, 3.63) is 40.2 Å². The molecule has 0 aliphatic heterocycles. The van der Waals surface area contributed by atoms with E-state index in [-0.39, 0.29) is 12.2 Å². The lowest BCUT2D eigenvalue weighted by Gasteiger charge is -2.06. The first-order chi connectivity index (χ1) is 9.24. The molecule has 5 heteroatoms. The Morgan fingerprint density at radius 2 is 2.21 bits per heavy atom. The molecule has 0 spiro atoms. The highest BCUT2D eigenvalue weighted by Gasteiger charge is 2.05. The Morgan fingerprint density at radius 3 is 2.95 bits per heavy atom. The van der Waals surface area contributed by atoms with Crippen molar-refractivity contribution in [2.24, 2.45) is 0 Å². The van der Waals surface area contributed by atoms with E-state index in [4.69, 9.17) is 9.84 Å². The molecule has 2 aromatic rings. The molecule has 0 fully saturated rings. The van der Waals surface area contributed by atoms with Crippen LogP contribution in [0.25, 0.3) is 10.9 Å². The van der Waals surface area contributed by atoms with Gasteiger partial charge >= 0.3 is 0 Å². The summed E-state index contributed by atoms with van der Waals surface area (Å²) in [5.74, 6) is 0.798. The first-order valence-electron chi connectivity index (χ1n) is 6.46. The van der Waals surface area contributed by atoms with Gasteiger partial charge in [-0.1, -0.05) is 0 Å². The van der Waals surface area contributed by atoms with Crippen molar-refractivity contribution < 1.29 is 15.2 Å². The molecule has 0 amide bonds. The summed E-state index contributed by atoms with van der Waals surface area (Å²) in [4.78, 5) is 14.7. The number of H-pyrrole nitrogens is 1. The Labute approximate surface area is 111 Å². The molecule has 1 aromatic heterocycles. The number of quaternary nitrogens is 1. The molecule has 0 aliphatic carbocycles. The highest BCUT2D eigenvalue weighted by atomic mass is 16.5. The van der Waals surface area contributed by atoms with Crippen molar-refractivity contribution in [3.8, 4) is 5.75 Å². The van der Waals surface area contributed by atoms with Crippen LogP contribution in [0.5, 0.6) is 5.75 Å². The van der Waals surface area contributed by atoms with Gasteiger partial charge in [0, 0.05) is 10.9 Å². The zero-order valence-corrected chi connectivity index (χ0v) is 11.0. The van der Waals surface area contributed by atoms with Crippen LogP contribution in [-0.4, -0.2) is 29.8 Å². The van der Waals surface area contributed by atoms with Gasteiger partial charge in [0.1, 0.15) is 12.3 Å². The second-order valence-corrected chi connectivity index (χ2v) is 4.31. The minimum atomic E-state index is -0.0779. The number of rotatable bonds is 6. The lowest BCUT2D eigenvalue weighted by atomic mass is 10.1. The van der Waals surface area contributed by atoms with Gasteiger partial charge in [-0.15, -0.1) is 0 Å². The second kappa shape index (κ2) is 6.36. The van der Waals surface area contributed by atoms with Gasteiger partial charge in [-0.25, -0.2) is 0 Å². The average Bonchev–Trinajstić information content (AvgIpc) is 2.40. The molecule has 0 aliphatic rings. The van der Waals surface area contributed by atoms with Crippen molar-refractivity contribution in [3.63, 3.8) is 0 Å². The van der Waals surface area contributed by atoms with Crippen LogP contribution in [0.3, 0.4) is 0 Å². The quantitative estimate of drug-likeness (QED) is 0.641. The van der Waals surface area contributed by atoms with Gasteiger partial charge in [-0.3, -0.25) is 4.79 Å². The lowest BCUT2D eigenvalue weighted by molar-refractivity contribution is -0.671. The third-order valence-corrected chi connectivity index (χ3v) is 2.90. The van der Waals surface area contributed by atoms with Gasteiger partial charge in [0.05, 0.1) is 25.3 Å². The van der Waals surface area contributed by atoms with Gasteiger partial charge in [-0.2, -0.15) is 0 Å². The highest BCUT2D eigenvalue weighted by molar-refractivity contribution is 5.80. The number of aromatic amines is 1. The fourth-order valence-electron chi connectivity index (χ4n) is 1.99. The summed E-state index contributed by atoms with van der Waals surface area (Å²) < 4.78 is 5.45. The lowest BCUT2D eigenvalue weighted by Crippen LogP contribution is -2.83. The molecule has 4 N–H and O–H groups in total. The van der Waals surface area contributed by atoms with E-state index in [1.807, 2.05) is 36.5 Å². The van der Waals surface area contributed by atoms with E-state index in [1.165, 1.54) is 0 Å². The number of hydrogen-bond acceptors (Lipinski definition) is 3. The van der Waals surface area contributed by atoms with E-state index in [9.17, 15) is 4.79 Å². The predicted molar refractivity (Wildman–Crippen MR) is 73.3 cm³/mol. The normalized spacial score (nSPS) is 10.8. The summed E-state index contributed by atoms with van der Waals surface area (Å²) in [5, 5.41) is 11.6. The number of aliphatic hydroxyl groups is 1. The van der Waals surface area contributed by atoms with E-state index in [2.05, 4.69) is 4.98 Å². The molecule has 0 unspecified atom stereocenters. The third-order valence-electron chi connectivity index (χ3n) is 2.90. The standard InChI is InChI=1S/C14H18N2O3/c1-2-19-12-3-4-13-10(8-12)7-11(14(18)16-13)9-15-5-6-17/h3-4,7-8,15,17H,2,5-6,9H2,1H3,(H,16,18)/p+1. The molecule has 0 bridgehead atoms. The van der Waals surface area contributed by atoms with Crippen molar-refractivity contribution in [2.75, 3.05) is 19.8 Å². The molecule has 19 heavy (non-hydrogen) atoms. The second-order valence-electron chi connectivity index (χ2n) is 4.31. The number of pyridine rings is 1. The number of hydrogen-bond donors (Lipinski definition) is 3. The maximum atomic E-state index is 11.9. The van der Waals surface area contributed by atoms with Gasteiger partial charge < -0.3 is 20.1 Å². The topological polar surface area (TPSA) is 78.9 Å². The fraction of sp³-hybridized carbons (Fsp3) is 0.357. The van der Waals surface area contributed by atoms with E-state index in [0.717, 1.165) is 16.7 Å². The predicted octanol–water partition coefficient (Wildman–Crippen LogP) is -0.0175. The molecule has 2 rings (SSSR count). The van der Waals surface area contributed by atoms with Crippen LogP contribution in [0, 0.1) is 0 Å². The van der Waals surface area contributed by atoms with Crippen LogP contribution < -0.4 is 15.6 Å². The Morgan fingerprint density at radius 1 is 1.37 bits per heavy atom. The van der Waals surface area contributed by atoms with Crippen molar-refractivity contribution >= 4 is 10.9 Å². The first-order valence-corrected chi connectivity index (χ1v) is 6.46. The van der Waals surface area contributed by atoms with Crippen LogP contribution in [0.2, 0.25) is 0 Å². The van der Waals surface area contributed by atoms with Crippen molar-refractivity contribution in [1.29, 1.82) is 0 Å². The SMILES string of the molecule is CCOc1ccc2[nH]c(=O)c(C[NH2+]CCO)cc2c1. The van der Waals surface area contributed by atoms with E-state index < -0.39 is 0 Å². The zero-order valence-electron chi connectivity index (χ0n) is 11.0. The highest BCUT2D eigenvalue weighted by Crippen LogP contribution is 2.18. The maximum Gasteiger partial charge on any atom is 0.257 e. The van der Waals surface area contributed by atoms with Crippen molar-refractivity contribution in [1.82, 2.24) is 4.98 Å². The smallest absolute Gasteiger partial charge is 0.257 e. The number of benzene rings is 1. The number of aromatic nitrogens is 1. The fourth-order valence-corrected chi connectivity index (χ4v) is 1.99. The Kier molecular flexibility index (Phi) is 4.54. The third kappa shape index (κ3) is 3.33. The monoisotopic (exact) mass is 263 g/mol. The van der Waals surface area contributed by atoms with Crippen LogP contribution in [0.1, 0.15) is 12.5 Å². The minimum absolute atomic E-state index is 0.0779. The molecule has 5 nitrogen and oxygen atoms in total. The molecule has 102 valence electrons. The summed E-state index contributed by atoms with van der Waals surface area (Å²) in [6.45, 7) is 3.82. The summed E-state index contributed by atoms with van der Waals surface area (Å²) in [5.41, 5.74) is 1.43. The first kappa shape index (κ1) is 13.6. The maximum absolute atomic E-state index is 11.9. The zero-order chi connectivity index (χ0) is 13.7. The van der Waals surface area contributed by atoms with E-state index in [0.29, 0.717) is 25.3 Å². The Hall–Kier alpha value is -1.85. The number of fused-ring (bicyclic) bond motifs is 1. The van der Waals surface area contributed by atoms with Gasteiger partial charge in [0.25, 0.3) is 5.56 Å². The van der Waals surface area contributed by atoms with Crippen LogP contribution >= 0.6 is 0 Å². The van der Waals surface area contributed by atoms with Gasteiger partial charge in [-0.05, 0) is 31.2 Å². The van der Waals surface area contributed by atoms with Crippen LogP contribution in [0.15, 0.2) is 29.1 Å².